The molecule has 0 aliphatic rings. The Morgan fingerprint density at radius 1 is 1.12 bits per heavy atom. The van der Waals surface area contributed by atoms with E-state index in [1.165, 1.54) is 22.4 Å². The van der Waals surface area contributed by atoms with Crippen LogP contribution >= 0.6 is 11.6 Å². The highest BCUT2D eigenvalue weighted by atomic mass is 35.5. The van der Waals surface area contributed by atoms with Gasteiger partial charge in [0.25, 0.3) is 0 Å². The lowest BCUT2D eigenvalue weighted by molar-refractivity contribution is 0.193. The minimum absolute atomic E-state index is 0.0964. The van der Waals surface area contributed by atoms with Crippen molar-refractivity contribution in [1.29, 1.82) is 0 Å². The third-order valence-electron chi connectivity index (χ3n) is 4.16. The van der Waals surface area contributed by atoms with Crippen LogP contribution in [-0.4, -0.2) is 34.4 Å². The maximum atomic E-state index is 6.28. The van der Waals surface area contributed by atoms with Crippen LogP contribution < -0.4 is 10.2 Å². The van der Waals surface area contributed by atoms with Crippen molar-refractivity contribution in [3.05, 3.63) is 64.2 Å². The molecule has 0 saturated heterocycles. The van der Waals surface area contributed by atoms with Gasteiger partial charge in [-0.15, -0.1) is 0 Å². The molecule has 130 valence electrons. The van der Waals surface area contributed by atoms with Crippen molar-refractivity contribution < 1.29 is 4.74 Å². The van der Waals surface area contributed by atoms with Crippen molar-refractivity contribution in [2.45, 2.75) is 19.4 Å². The number of hydrogen-bond donors (Lipinski definition) is 1. The Labute approximate surface area is 150 Å². The average Bonchev–Trinajstić information content (AvgIpc) is 2.57. The lowest BCUT2D eigenvalue weighted by Crippen LogP contribution is -2.27. The molecular weight excluding hydrogens is 320 g/mol. The van der Waals surface area contributed by atoms with Gasteiger partial charge in [0.2, 0.25) is 0 Å². The van der Waals surface area contributed by atoms with E-state index in [1.807, 2.05) is 6.07 Å². The van der Waals surface area contributed by atoms with E-state index in [9.17, 15) is 0 Å². The van der Waals surface area contributed by atoms with E-state index in [1.54, 1.807) is 7.11 Å². The average molecular weight is 347 g/mol. The molecule has 1 N–H and O–H groups in total. The van der Waals surface area contributed by atoms with Crippen LogP contribution in [0.15, 0.2) is 42.5 Å². The quantitative estimate of drug-likeness (QED) is 0.715. The summed E-state index contributed by atoms with van der Waals surface area (Å²) in [7, 11) is 5.89. The number of benzene rings is 2. The van der Waals surface area contributed by atoms with Gasteiger partial charge in [0, 0.05) is 38.5 Å². The van der Waals surface area contributed by atoms with Gasteiger partial charge in [-0.25, -0.2) is 0 Å². The molecule has 0 spiro atoms. The monoisotopic (exact) mass is 346 g/mol. The Hall–Kier alpha value is -1.55. The van der Waals surface area contributed by atoms with Crippen LogP contribution in [0.5, 0.6) is 0 Å². The lowest BCUT2D eigenvalue weighted by Gasteiger charge is -2.27. The van der Waals surface area contributed by atoms with Crippen LogP contribution in [0.25, 0.3) is 0 Å². The molecule has 0 saturated carbocycles. The lowest BCUT2D eigenvalue weighted by atomic mass is 9.93. The summed E-state index contributed by atoms with van der Waals surface area (Å²) in [5.41, 5.74) is 4.91. The molecule has 3 nitrogen and oxygen atoms in total. The maximum absolute atomic E-state index is 6.28. The maximum Gasteiger partial charge on any atom is 0.0600 e. The number of nitrogens with zero attached hydrogens (tertiary/aromatic N) is 1. The highest BCUT2D eigenvalue weighted by molar-refractivity contribution is 6.30. The van der Waals surface area contributed by atoms with Gasteiger partial charge in [0.15, 0.2) is 0 Å². The molecule has 0 aliphatic carbocycles. The molecule has 2 aromatic rings. The molecule has 4 heteroatoms. The molecule has 0 aromatic heterocycles. The zero-order valence-corrected chi connectivity index (χ0v) is 15.7. The predicted molar refractivity (Wildman–Crippen MR) is 103 cm³/mol. The molecule has 0 bridgehead atoms. The van der Waals surface area contributed by atoms with Crippen molar-refractivity contribution in [2.75, 3.05) is 39.3 Å². The second-order valence-electron chi connectivity index (χ2n) is 6.19. The van der Waals surface area contributed by atoms with Crippen molar-refractivity contribution in [3.63, 3.8) is 0 Å². The Morgan fingerprint density at radius 2 is 1.88 bits per heavy atom. The molecule has 1 atom stereocenters. The number of para-hydroxylation sites is 1. The first-order valence-electron chi connectivity index (χ1n) is 8.29. The molecule has 0 fully saturated rings. The highest BCUT2D eigenvalue weighted by Crippen LogP contribution is 2.32. The van der Waals surface area contributed by atoms with Gasteiger partial charge >= 0.3 is 0 Å². The highest BCUT2D eigenvalue weighted by Gasteiger charge is 2.19. The van der Waals surface area contributed by atoms with Crippen molar-refractivity contribution in [1.82, 2.24) is 5.32 Å². The van der Waals surface area contributed by atoms with Gasteiger partial charge in [0.05, 0.1) is 6.04 Å². The molecule has 0 heterocycles. The number of anilines is 1. The number of rotatable bonds is 8. The normalized spacial score (nSPS) is 12.2. The minimum atomic E-state index is 0.0964. The number of halogens is 1. The molecule has 0 radical (unpaired) electrons. The van der Waals surface area contributed by atoms with Crippen LogP contribution in [0.3, 0.4) is 0 Å². The third-order valence-corrected chi connectivity index (χ3v) is 4.39. The van der Waals surface area contributed by atoms with Gasteiger partial charge in [-0.1, -0.05) is 35.9 Å². The fourth-order valence-corrected chi connectivity index (χ4v) is 3.09. The fourth-order valence-electron chi connectivity index (χ4n) is 2.91. The summed E-state index contributed by atoms with van der Waals surface area (Å²) in [6.45, 7) is 3.77. The molecule has 2 rings (SSSR count). The van der Waals surface area contributed by atoms with Crippen LogP contribution in [0.2, 0.25) is 5.02 Å². The second-order valence-corrected chi connectivity index (χ2v) is 6.62. The van der Waals surface area contributed by atoms with Crippen LogP contribution in [0.4, 0.5) is 5.69 Å². The van der Waals surface area contributed by atoms with Gasteiger partial charge in [-0.3, -0.25) is 0 Å². The standard InChI is InChI=1S/C20H27ClN2O/c1-15-10-11-16(21)14-18(15)20(22-12-7-13-24-4)17-8-5-6-9-19(17)23(2)3/h5-6,8-11,14,20,22H,7,12-13H2,1-4H3. The molecule has 24 heavy (non-hydrogen) atoms. The van der Waals surface area contributed by atoms with E-state index in [-0.39, 0.29) is 6.04 Å². The molecule has 1 unspecified atom stereocenters. The Balaban J connectivity index is 2.41. The first kappa shape index (κ1) is 18.8. The smallest absolute Gasteiger partial charge is 0.0600 e. The van der Waals surface area contributed by atoms with E-state index >= 15 is 0 Å². The summed E-state index contributed by atoms with van der Waals surface area (Å²) < 4.78 is 5.17. The number of aryl methyl sites for hydroxylation is 1. The fraction of sp³-hybridized carbons (Fsp3) is 0.400. The summed E-state index contributed by atoms with van der Waals surface area (Å²) in [6.07, 6.45) is 0.969. The van der Waals surface area contributed by atoms with Crippen molar-refractivity contribution in [2.24, 2.45) is 0 Å². The van der Waals surface area contributed by atoms with E-state index in [0.29, 0.717) is 0 Å². The van der Waals surface area contributed by atoms with Gasteiger partial charge < -0.3 is 15.0 Å². The molecule has 0 amide bonds. The second kappa shape index (κ2) is 9.07. The van der Waals surface area contributed by atoms with Gasteiger partial charge in [-0.05, 0) is 54.8 Å². The van der Waals surface area contributed by atoms with E-state index in [2.05, 4.69) is 67.6 Å². The Bertz CT molecular complexity index is 658. The minimum Gasteiger partial charge on any atom is -0.385 e. The topological polar surface area (TPSA) is 24.5 Å². The zero-order chi connectivity index (χ0) is 17.5. The van der Waals surface area contributed by atoms with Gasteiger partial charge in [-0.2, -0.15) is 0 Å². The van der Waals surface area contributed by atoms with Crippen LogP contribution in [-0.2, 0) is 4.74 Å². The SMILES string of the molecule is COCCCNC(c1cc(Cl)ccc1C)c1ccccc1N(C)C. The first-order chi connectivity index (χ1) is 11.5. The molecular formula is C20H27ClN2O. The van der Waals surface area contributed by atoms with Crippen molar-refractivity contribution >= 4 is 17.3 Å². The largest absolute Gasteiger partial charge is 0.385 e. The Kier molecular flexibility index (Phi) is 7.10. The summed E-state index contributed by atoms with van der Waals surface area (Å²) >= 11 is 6.28. The number of methoxy groups -OCH3 is 1. The summed E-state index contributed by atoms with van der Waals surface area (Å²) in [5, 5.41) is 4.45. The Morgan fingerprint density at radius 3 is 2.58 bits per heavy atom. The number of hydrogen-bond acceptors (Lipinski definition) is 3. The molecule has 2 aromatic carbocycles. The number of ether oxygens (including phenoxy) is 1. The van der Waals surface area contributed by atoms with Gasteiger partial charge in [0.1, 0.15) is 0 Å². The number of nitrogens with one attached hydrogen (secondary N) is 1. The first-order valence-corrected chi connectivity index (χ1v) is 8.67. The molecule has 0 aliphatic heterocycles. The summed E-state index contributed by atoms with van der Waals surface area (Å²) in [6, 6.07) is 14.7. The zero-order valence-electron chi connectivity index (χ0n) is 15.0. The summed E-state index contributed by atoms with van der Waals surface area (Å²) in [4.78, 5) is 2.15. The van der Waals surface area contributed by atoms with E-state index in [4.69, 9.17) is 16.3 Å². The van der Waals surface area contributed by atoms with E-state index < -0.39 is 0 Å². The van der Waals surface area contributed by atoms with Crippen molar-refractivity contribution in [3.8, 4) is 0 Å². The van der Waals surface area contributed by atoms with Crippen LogP contribution in [0, 0.1) is 6.92 Å². The van der Waals surface area contributed by atoms with Crippen LogP contribution in [0.1, 0.15) is 29.2 Å². The summed E-state index contributed by atoms with van der Waals surface area (Å²) in [5.74, 6) is 0. The van der Waals surface area contributed by atoms with E-state index in [0.717, 1.165) is 24.6 Å². The predicted octanol–water partition coefficient (Wildman–Crippen LogP) is 4.43. The third kappa shape index (κ3) is 4.73.